The van der Waals surface area contributed by atoms with Crippen molar-refractivity contribution in [3.05, 3.63) is 48.0 Å². The molecular weight excluding hydrogens is 326 g/mol. The standard InChI is InChI=1S/C17H19N3O3S/c1-12(21)18-14-3-6-16(7-4-14)24(22,23)19-15-5-8-17-13(11-15)9-10-20(17)2/h3-8,11,19H,9-10H2,1-2H3,(H,18,21). The molecule has 1 aliphatic rings. The van der Waals surface area contributed by atoms with E-state index in [1.807, 2.05) is 19.2 Å². The van der Waals surface area contributed by atoms with E-state index >= 15 is 0 Å². The lowest BCUT2D eigenvalue weighted by atomic mass is 10.1. The molecule has 0 unspecified atom stereocenters. The minimum Gasteiger partial charge on any atom is -0.374 e. The number of anilines is 3. The molecule has 2 N–H and O–H groups in total. The predicted molar refractivity (Wildman–Crippen MR) is 95.0 cm³/mol. The molecule has 0 atom stereocenters. The van der Waals surface area contributed by atoms with Gasteiger partial charge in [0.2, 0.25) is 5.91 Å². The molecule has 0 saturated heterocycles. The summed E-state index contributed by atoms with van der Waals surface area (Å²) >= 11 is 0. The van der Waals surface area contributed by atoms with Crippen LogP contribution in [-0.4, -0.2) is 27.9 Å². The van der Waals surface area contributed by atoms with E-state index < -0.39 is 10.0 Å². The highest BCUT2D eigenvalue weighted by atomic mass is 32.2. The maximum atomic E-state index is 12.5. The Morgan fingerprint density at radius 2 is 1.75 bits per heavy atom. The predicted octanol–water partition coefficient (Wildman–Crippen LogP) is 2.44. The first-order valence-electron chi connectivity index (χ1n) is 7.60. The van der Waals surface area contributed by atoms with E-state index in [4.69, 9.17) is 0 Å². The third-order valence-electron chi connectivity index (χ3n) is 3.94. The van der Waals surface area contributed by atoms with Crippen LogP contribution in [0.3, 0.4) is 0 Å². The number of carbonyl (C=O) groups excluding carboxylic acids is 1. The van der Waals surface area contributed by atoms with E-state index in [0.29, 0.717) is 11.4 Å². The van der Waals surface area contributed by atoms with Crippen molar-refractivity contribution in [3.63, 3.8) is 0 Å². The van der Waals surface area contributed by atoms with Crippen molar-refractivity contribution in [2.24, 2.45) is 0 Å². The lowest BCUT2D eigenvalue weighted by molar-refractivity contribution is -0.114. The average molecular weight is 345 g/mol. The number of carbonyl (C=O) groups is 1. The van der Waals surface area contributed by atoms with E-state index in [1.165, 1.54) is 19.1 Å². The van der Waals surface area contributed by atoms with E-state index in [2.05, 4.69) is 14.9 Å². The first-order valence-corrected chi connectivity index (χ1v) is 9.08. The van der Waals surface area contributed by atoms with Gasteiger partial charge in [-0.25, -0.2) is 8.42 Å². The number of sulfonamides is 1. The Balaban J connectivity index is 1.80. The number of hydrogen-bond donors (Lipinski definition) is 2. The average Bonchev–Trinajstić information content (AvgIpc) is 2.87. The van der Waals surface area contributed by atoms with Crippen LogP contribution in [0.5, 0.6) is 0 Å². The topological polar surface area (TPSA) is 78.5 Å². The van der Waals surface area contributed by atoms with Gasteiger partial charge in [0.15, 0.2) is 0 Å². The highest BCUT2D eigenvalue weighted by Crippen LogP contribution is 2.30. The van der Waals surface area contributed by atoms with Crippen molar-refractivity contribution >= 4 is 33.0 Å². The number of hydrogen-bond acceptors (Lipinski definition) is 4. The zero-order chi connectivity index (χ0) is 17.3. The summed E-state index contributed by atoms with van der Waals surface area (Å²) in [6.45, 7) is 2.34. The van der Waals surface area contributed by atoms with Gasteiger partial charge in [-0.2, -0.15) is 0 Å². The Bertz CT molecular complexity index is 876. The van der Waals surface area contributed by atoms with E-state index in [0.717, 1.165) is 24.2 Å². The molecular formula is C17H19N3O3S. The lowest BCUT2D eigenvalue weighted by Crippen LogP contribution is -2.14. The fourth-order valence-electron chi connectivity index (χ4n) is 2.76. The molecule has 24 heavy (non-hydrogen) atoms. The third-order valence-corrected chi connectivity index (χ3v) is 5.34. The Hall–Kier alpha value is -2.54. The second-order valence-corrected chi connectivity index (χ2v) is 7.51. The number of likely N-dealkylation sites (N-methyl/N-ethyl adjacent to an activating group) is 1. The maximum absolute atomic E-state index is 12.5. The summed E-state index contributed by atoms with van der Waals surface area (Å²) < 4.78 is 27.6. The molecule has 0 radical (unpaired) electrons. The van der Waals surface area contributed by atoms with Crippen LogP contribution >= 0.6 is 0 Å². The Labute approximate surface area is 141 Å². The molecule has 0 spiro atoms. The van der Waals surface area contributed by atoms with Gasteiger partial charge in [-0.15, -0.1) is 0 Å². The monoisotopic (exact) mass is 345 g/mol. The first-order chi connectivity index (χ1) is 11.3. The van der Waals surface area contributed by atoms with Crippen molar-refractivity contribution in [3.8, 4) is 0 Å². The highest BCUT2D eigenvalue weighted by molar-refractivity contribution is 7.92. The summed E-state index contributed by atoms with van der Waals surface area (Å²) in [5, 5.41) is 2.61. The molecule has 0 saturated carbocycles. The fourth-order valence-corrected chi connectivity index (χ4v) is 3.81. The summed E-state index contributed by atoms with van der Waals surface area (Å²) in [7, 11) is -1.65. The van der Waals surface area contributed by atoms with Crippen molar-refractivity contribution in [1.82, 2.24) is 0 Å². The van der Waals surface area contributed by atoms with Crippen LogP contribution in [-0.2, 0) is 21.2 Å². The van der Waals surface area contributed by atoms with Crippen LogP contribution in [0.15, 0.2) is 47.4 Å². The third kappa shape index (κ3) is 3.35. The van der Waals surface area contributed by atoms with Gasteiger partial charge >= 0.3 is 0 Å². The fraction of sp³-hybridized carbons (Fsp3) is 0.235. The molecule has 126 valence electrons. The smallest absolute Gasteiger partial charge is 0.261 e. The van der Waals surface area contributed by atoms with Crippen molar-refractivity contribution in [1.29, 1.82) is 0 Å². The molecule has 3 rings (SSSR count). The molecule has 6 nitrogen and oxygen atoms in total. The normalized spacial score (nSPS) is 13.5. The molecule has 0 aromatic heterocycles. The van der Waals surface area contributed by atoms with Gasteiger partial charge in [0.1, 0.15) is 0 Å². The lowest BCUT2D eigenvalue weighted by Gasteiger charge is -2.13. The van der Waals surface area contributed by atoms with Gasteiger partial charge in [0.25, 0.3) is 10.0 Å². The summed E-state index contributed by atoms with van der Waals surface area (Å²) in [4.78, 5) is 13.3. The molecule has 0 aliphatic carbocycles. The molecule has 0 fully saturated rings. The summed E-state index contributed by atoms with van der Waals surface area (Å²) in [5.41, 5.74) is 3.38. The van der Waals surface area contributed by atoms with Crippen LogP contribution in [0, 0.1) is 0 Å². The minimum absolute atomic E-state index is 0.147. The Morgan fingerprint density at radius 3 is 2.42 bits per heavy atom. The number of nitrogens with zero attached hydrogens (tertiary/aromatic N) is 1. The molecule has 2 aromatic carbocycles. The molecule has 1 heterocycles. The van der Waals surface area contributed by atoms with Crippen LogP contribution in [0.25, 0.3) is 0 Å². The molecule has 0 bridgehead atoms. The Kier molecular flexibility index (Phi) is 4.19. The van der Waals surface area contributed by atoms with Gasteiger partial charge in [-0.05, 0) is 54.4 Å². The number of rotatable bonds is 4. The zero-order valence-electron chi connectivity index (χ0n) is 13.5. The van der Waals surface area contributed by atoms with Crippen LogP contribution < -0.4 is 14.9 Å². The van der Waals surface area contributed by atoms with Crippen molar-refractivity contribution in [2.75, 3.05) is 28.5 Å². The number of benzene rings is 2. The minimum atomic E-state index is -3.67. The SMILES string of the molecule is CC(=O)Nc1ccc(S(=O)(=O)Nc2ccc3c(c2)CCN3C)cc1. The summed E-state index contributed by atoms with van der Waals surface area (Å²) in [6.07, 6.45) is 0.910. The molecule has 2 aromatic rings. The van der Waals surface area contributed by atoms with Crippen LogP contribution in [0.4, 0.5) is 17.1 Å². The van der Waals surface area contributed by atoms with Crippen LogP contribution in [0.2, 0.25) is 0 Å². The summed E-state index contributed by atoms with van der Waals surface area (Å²) in [5.74, 6) is -0.202. The van der Waals surface area contributed by atoms with Gasteiger partial charge in [0, 0.05) is 37.6 Å². The van der Waals surface area contributed by atoms with E-state index in [9.17, 15) is 13.2 Å². The second kappa shape index (κ2) is 6.16. The molecule has 7 heteroatoms. The maximum Gasteiger partial charge on any atom is 0.261 e. The highest BCUT2D eigenvalue weighted by Gasteiger charge is 2.18. The number of fused-ring (bicyclic) bond motifs is 1. The van der Waals surface area contributed by atoms with Gasteiger partial charge in [-0.3, -0.25) is 9.52 Å². The van der Waals surface area contributed by atoms with Gasteiger partial charge in [0.05, 0.1) is 4.90 Å². The van der Waals surface area contributed by atoms with Crippen LogP contribution in [0.1, 0.15) is 12.5 Å². The largest absolute Gasteiger partial charge is 0.374 e. The number of amides is 1. The van der Waals surface area contributed by atoms with Gasteiger partial charge < -0.3 is 10.2 Å². The Morgan fingerprint density at radius 1 is 1.08 bits per heavy atom. The quantitative estimate of drug-likeness (QED) is 0.892. The summed E-state index contributed by atoms with van der Waals surface area (Å²) in [6, 6.07) is 11.6. The van der Waals surface area contributed by atoms with Gasteiger partial charge in [-0.1, -0.05) is 0 Å². The molecule has 1 amide bonds. The second-order valence-electron chi connectivity index (χ2n) is 5.83. The first kappa shape index (κ1) is 16.3. The van der Waals surface area contributed by atoms with E-state index in [1.54, 1.807) is 18.2 Å². The zero-order valence-corrected chi connectivity index (χ0v) is 14.4. The van der Waals surface area contributed by atoms with Crippen molar-refractivity contribution in [2.45, 2.75) is 18.2 Å². The number of nitrogens with one attached hydrogen (secondary N) is 2. The van der Waals surface area contributed by atoms with E-state index in [-0.39, 0.29) is 10.8 Å². The van der Waals surface area contributed by atoms with Crippen molar-refractivity contribution < 1.29 is 13.2 Å². The molecule has 1 aliphatic heterocycles.